The first kappa shape index (κ1) is 12.4. The Kier molecular flexibility index (Phi) is 4.36. The molecule has 78 valence electrons. The Hall–Kier alpha value is -0.610. The second kappa shape index (κ2) is 4.58. The minimum atomic E-state index is -0.805. The van der Waals surface area contributed by atoms with Crippen LogP contribution in [0.25, 0.3) is 0 Å². The highest BCUT2D eigenvalue weighted by Gasteiger charge is 2.35. The van der Waals surface area contributed by atoms with E-state index in [1.54, 1.807) is 7.11 Å². The minimum Gasteiger partial charge on any atom is -0.481 e. The van der Waals surface area contributed by atoms with Crippen molar-refractivity contribution in [3.8, 4) is 0 Å². The van der Waals surface area contributed by atoms with Gasteiger partial charge in [-0.15, -0.1) is 0 Å². The summed E-state index contributed by atoms with van der Waals surface area (Å²) in [4.78, 5) is 12.5. The molecule has 4 heteroatoms. The van der Waals surface area contributed by atoms with Gasteiger partial charge in [0.1, 0.15) is 0 Å². The van der Waals surface area contributed by atoms with Crippen LogP contribution >= 0.6 is 0 Å². The van der Waals surface area contributed by atoms with Crippen molar-refractivity contribution in [3.05, 3.63) is 0 Å². The van der Waals surface area contributed by atoms with E-state index in [0.717, 1.165) is 0 Å². The Morgan fingerprint density at radius 3 is 2.31 bits per heavy atom. The van der Waals surface area contributed by atoms with Crippen molar-refractivity contribution >= 4 is 5.97 Å². The van der Waals surface area contributed by atoms with Gasteiger partial charge in [0.2, 0.25) is 0 Å². The summed E-state index contributed by atoms with van der Waals surface area (Å²) >= 11 is 0. The van der Waals surface area contributed by atoms with E-state index in [4.69, 9.17) is 9.84 Å². The van der Waals surface area contributed by atoms with Crippen LogP contribution in [0.15, 0.2) is 0 Å². The first-order chi connectivity index (χ1) is 5.84. The van der Waals surface area contributed by atoms with Crippen molar-refractivity contribution in [1.29, 1.82) is 0 Å². The van der Waals surface area contributed by atoms with Crippen LogP contribution in [0.3, 0.4) is 0 Å². The number of carboxylic acid groups (broad SMARTS) is 1. The number of methoxy groups -OCH3 is 1. The van der Waals surface area contributed by atoms with Gasteiger partial charge in [0.05, 0.1) is 18.1 Å². The Morgan fingerprint density at radius 2 is 2.08 bits per heavy atom. The van der Waals surface area contributed by atoms with Crippen LogP contribution in [0, 0.1) is 0 Å². The predicted molar refractivity (Wildman–Crippen MR) is 50.8 cm³/mol. The molecule has 0 aromatic carbocycles. The summed E-state index contributed by atoms with van der Waals surface area (Å²) in [6, 6.07) is 0. The Morgan fingerprint density at radius 1 is 1.62 bits per heavy atom. The Labute approximate surface area is 79.5 Å². The molecule has 0 amide bonds. The van der Waals surface area contributed by atoms with Gasteiger partial charge in [-0.25, -0.2) is 0 Å². The normalized spacial score (nSPS) is 18.3. The Bertz CT molecular complexity index is 182. The van der Waals surface area contributed by atoms with Crippen LogP contribution in [-0.4, -0.2) is 48.8 Å². The van der Waals surface area contributed by atoms with Crippen molar-refractivity contribution < 1.29 is 14.6 Å². The molecule has 2 atom stereocenters. The fourth-order valence-corrected chi connectivity index (χ4v) is 1.23. The molecule has 0 aliphatic rings. The summed E-state index contributed by atoms with van der Waals surface area (Å²) < 4.78 is 5.17. The Balaban J connectivity index is 4.61. The van der Waals surface area contributed by atoms with Gasteiger partial charge in [-0.3, -0.25) is 4.79 Å². The lowest BCUT2D eigenvalue weighted by molar-refractivity contribution is -0.142. The van der Waals surface area contributed by atoms with Crippen molar-refractivity contribution in [2.45, 2.75) is 31.9 Å². The maximum atomic E-state index is 10.7. The van der Waals surface area contributed by atoms with E-state index in [1.807, 2.05) is 32.8 Å². The second-order valence-corrected chi connectivity index (χ2v) is 3.70. The molecule has 0 aromatic heterocycles. The molecule has 2 unspecified atom stereocenters. The molecule has 0 saturated heterocycles. The number of hydrogen-bond acceptors (Lipinski definition) is 3. The molecule has 1 N–H and O–H groups in total. The molecule has 0 fully saturated rings. The molecule has 0 bridgehead atoms. The molecule has 0 rings (SSSR count). The molecule has 13 heavy (non-hydrogen) atoms. The summed E-state index contributed by atoms with van der Waals surface area (Å²) in [5, 5.41) is 8.76. The summed E-state index contributed by atoms with van der Waals surface area (Å²) in [6.45, 7) is 3.76. The lowest BCUT2D eigenvalue weighted by Crippen LogP contribution is -2.52. The number of carboxylic acids is 1. The predicted octanol–water partition coefficient (Wildman–Crippen LogP) is 0.816. The van der Waals surface area contributed by atoms with E-state index in [9.17, 15) is 4.79 Å². The zero-order valence-electron chi connectivity index (χ0n) is 9.00. The largest absolute Gasteiger partial charge is 0.481 e. The van der Waals surface area contributed by atoms with E-state index in [2.05, 4.69) is 0 Å². The second-order valence-electron chi connectivity index (χ2n) is 3.70. The number of nitrogens with zero attached hydrogens (tertiary/aromatic N) is 1. The summed E-state index contributed by atoms with van der Waals surface area (Å²) in [7, 11) is 5.31. The van der Waals surface area contributed by atoms with E-state index >= 15 is 0 Å². The van der Waals surface area contributed by atoms with Gasteiger partial charge in [0.25, 0.3) is 0 Å². The third-order valence-electron chi connectivity index (χ3n) is 2.76. The maximum Gasteiger partial charge on any atom is 0.305 e. The lowest BCUT2D eigenvalue weighted by atomic mass is 9.90. The van der Waals surface area contributed by atoms with E-state index in [-0.39, 0.29) is 12.5 Å². The quantitative estimate of drug-likeness (QED) is 0.695. The van der Waals surface area contributed by atoms with Gasteiger partial charge in [-0.1, -0.05) is 0 Å². The number of hydrogen-bond donors (Lipinski definition) is 1. The van der Waals surface area contributed by atoms with Gasteiger partial charge in [-0.05, 0) is 27.9 Å². The van der Waals surface area contributed by atoms with Crippen molar-refractivity contribution in [3.63, 3.8) is 0 Å². The van der Waals surface area contributed by atoms with Crippen LogP contribution in [-0.2, 0) is 9.53 Å². The number of aliphatic carboxylic acids is 1. The van der Waals surface area contributed by atoms with Gasteiger partial charge in [-0.2, -0.15) is 0 Å². The zero-order valence-corrected chi connectivity index (χ0v) is 9.00. The number of ether oxygens (including phenoxy) is 1. The summed E-state index contributed by atoms with van der Waals surface area (Å²) in [6.07, 6.45) is -0.0340. The zero-order chi connectivity index (χ0) is 10.6. The molecule has 0 aromatic rings. The van der Waals surface area contributed by atoms with Crippen LogP contribution in [0.4, 0.5) is 0 Å². The van der Waals surface area contributed by atoms with E-state index in [1.165, 1.54) is 0 Å². The van der Waals surface area contributed by atoms with Crippen LogP contribution < -0.4 is 0 Å². The van der Waals surface area contributed by atoms with Crippen molar-refractivity contribution in [2.24, 2.45) is 0 Å². The van der Waals surface area contributed by atoms with Crippen LogP contribution in [0.5, 0.6) is 0 Å². The molecule has 0 saturated carbocycles. The first-order valence-corrected chi connectivity index (χ1v) is 4.26. The average Bonchev–Trinajstić information content (AvgIpc) is 2.01. The van der Waals surface area contributed by atoms with E-state index in [0.29, 0.717) is 0 Å². The van der Waals surface area contributed by atoms with Crippen molar-refractivity contribution in [2.75, 3.05) is 21.2 Å². The highest BCUT2D eigenvalue weighted by Crippen LogP contribution is 2.22. The standard InChI is InChI=1S/C9H19NO3/c1-7(13-5)9(2,10(3)4)6-8(11)12/h7H,6H2,1-5H3,(H,11,12). The highest BCUT2D eigenvalue weighted by molar-refractivity contribution is 5.68. The number of rotatable bonds is 5. The summed E-state index contributed by atoms with van der Waals surface area (Å²) in [5.41, 5.74) is -0.458. The molecule has 0 heterocycles. The van der Waals surface area contributed by atoms with Gasteiger partial charge in [0.15, 0.2) is 0 Å². The van der Waals surface area contributed by atoms with Gasteiger partial charge in [0, 0.05) is 7.11 Å². The third-order valence-corrected chi connectivity index (χ3v) is 2.76. The topological polar surface area (TPSA) is 49.8 Å². The molecule has 0 radical (unpaired) electrons. The third kappa shape index (κ3) is 2.97. The molecule has 0 aliphatic carbocycles. The van der Waals surface area contributed by atoms with Gasteiger partial charge < -0.3 is 14.7 Å². The molecule has 4 nitrogen and oxygen atoms in total. The van der Waals surface area contributed by atoms with Gasteiger partial charge >= 0.3 is 5.97 Å². The SMILES string of the molecule is COC(C)C(C)(CC(=O)O)N(C)C. The smallest absolute Gasteiger partial charge is 0.305 e. The molecule has 0 spiro atoms. The highest BCUT2D eigenvalue weighted by atomic mass is 16.5. The lowest BCUT2D eigenvalue weighted by Gasteiger charge is -2.39. The maximum absolute atomic E-state index is 10.7. The van der Waals surface area contributed by atoms with Crippen LogP contribution in [0.2, 0.25) is 0 Å². The first-order valence-electron chi connectivity index (χ1n) is 4.26. The van der Waals surface area contributed by atoms with E-state index < -0.39 is 11.5 Å². The fraction of sp³-hybridized carbons (Fsp3) is 0.889. The van der Waals surface area contributed by atoms with Crippen LogP contribution in [0.1, 0.15) is 20.3 Å². The monoisotopic (exact) mass is 189 g/mol. The summed E-state index contributed by atoms with van der Waals surface area (Å²) in [5.74, 6) is -0.805. The number of carbonyl (C=O) groups is 1. The number of likely N-dealkylation sites (N-methyl/N-ethyl adjacent to an activating group) is 1. The minimum absolute atomic E-state index is 0.0784. The fourth-order valence-electron chi connectivity index (χ4n) is 1.23. The molecular weight excluding hydrogens is 170 g/mol. The average molecular weight is 189 g/mol. The van der Waals surface area contributed by atoms with Crippen molar-refractivity contribution in [1.82, 2.24) is 4.90 Å². The molecule has 0 aliphatic heterocycles. The molecular formula is C9H19NO3.